The van der Waals surface area contributed by atoms with E-state index in [2.05, 4.69) is 38.4 Å². The van der Waals surface area contributed by atoms with Crippen molar-refractivity contribution >= 4 is 23.3 Å². The molecule has 0 radical (unpaired) electrons. The molecular formula is C20H24N4OS. The molecule has 2 aromatic rings. The summed E-state index contributed by atoms with van der Waals surface area (Å²) in [6.45, 7) is 4.98. The Hall–Kier alpha value is -2.05. The van der Waals surface area contributed by atoms with E-state index < -0.39 is 0 Å². The van der Waals surface area contributed by atoms with Gasteiger partial charge in [0, 0.05) is 23.8 Å². The van der Waals surface area contributed by atoms with Crippen LogP contribution in [0.25, 0.3) is 0 Å². The van der Waals surface area contributed by atoms with Crippen LogP contribution in [0.3, 0.4) is 0 Å². The van der Waals surface area contributed by atoms with Crippen LogP contribution in [0.2, 0.25) is 0 Å². The van der Waals surface area contributed by atoms with Gasteiger partial charge in [0.1, 0.15) is 5.03 Å². The number of aromatic nitrogens is 2. The molecule has 2 aliphatic heterocycles. The van der Waals surface area contributed by atoms with Crippen molar-refractivity contribution < 1.29 is 5.11 Å². The van der Waals surface area contributed by atoms with Gasteiger partial charge in [-0.15, -0.1) is 0 Å². The zero-order chi connectivity index (χ0) is 17.9. The number of benzene rings is 1. The summed E-state index contributed by atoms with van der Waals surface area (Å²) in [7, 11) is 0. The van der Waals surface area contributed by atoms with Gasteiger partial charge in [0.05, 0.1) is 11.4 Å². The molecule has 3 heterocycles. The summed E-state index contributed by atoms with van der Waals surface area (Å²) in [5.41, 5.74) is 2.45. The summed E-state index contributed by atoms with van der Waals surface area (Å²) < 4.78 is 0. The number of aliphatic hydroxyl groups excluding tert-OH is 1. The minimum atomic E-state index is 0.443. The third kappa shape index (κ3) is 4.02. The molecule has 0 aliphatic carbocycles. The first kappa shape index (κ1) is 17.4. The molecule has 1 aromatic carbocycles. The molecule has 1 fully saturated rings. The van der Waals surface area contributed by atoms with Crippen LogP contribution in [0.15, 0.2) is 52.3 Å². The predicted octanol–water partition coefficient (Wildman–Crippen LogP) is 4.75. The van der Waals surface area contributed by atoms with E-state index in [4.69, 9.17) is 0 Å². The Morgan fingerprint density at radius 2 is 2.12 bits per heavy atom. The fraction of sp³-hybridized carbons (Fsp3) is 0.400. The highest BCUT2D eigenvalue weighted by Gasteiger charge is 2.21. The van der Waals surface area contributed by atoms with Gasteiger partial charge in [-0.25, -0.2) is 9.97 Å². The van der Waals surface area contributed by atoms with Crippen LogP contribution in [0.4, 0.5) is 11.5 Å². The molecule has 5 nitrogen and oxygen atoms in total. The summed E-state index contributed by atoms with van der Waals surface area (Å²) in [5, 5.41) is 13.7. The van der Waals surface area contributed by atoms with Crippen LogP contribution in [0.5, 0.6) is 0 Å². The van der Waals surface area contributed by atoms with E-state index in [1.807, 2.05) is 6.08 Å². The predicted molar refractivity (Wildman–Crippen MR) is 105 cm³/mol. The fourth-order valence-corrected chi connectivity index (χ4v) is 4.43. The smallest absolute Gasteiger partial charge is 0.163 e. The molecule has 1 aromatic heterocycles. The molecule has 6 heteroatoms. The van der Waals surface area contributed by atoms with Crippen LogP contribution < -0.4 is 5.32 Å². The number of hydrogen-bond donors (Lipinski definition) is 2. The minimum Gasteiger partial charge on any atom is -0.513 e. The van der Waals surface area contributed by atoms with Crippen molar-refractivity contribution in [3.63, 3.8) is 0 Å². The van der Waals surface area contributed by atoms with Crippen molar-refractivity contribution in [1.82, 2.24) is 14.9 Å². The zero-order valence-corrected chi connectivity index (χ0v) is 15.8. The van der Waals surface area contributed by atoms with Gasteiger partial charge in [0.2, 0.25) is 0 Å². The fourth-order valence-electron chi connectivity index (χ4n) is 3.56. The van der Waals surface area contributed by atoms with Crippen LogP contribution in [0.1, 0.15) is 31.7 Å². The van der Waals surface area contributed by atoms with Gasteiger partial charge >= 0.3 is 0 Å². The van der Waals surface area contributed by atoms with E-state index in [0.29, 0.717) is 11.7 Å². The molecule has 2 N–H and O–H groups in total. The summed E-state index contributed by atoms with van der Waals surface area (Å²) in [4.78, 5) is 12.5. The van der Waals surface area contributed by atoms with Gasteiger partial charge in [0.15, 0.2) is 5.82 Å². The first-order valence-corrected chi connectivity index (χ1v) is 9.96. The van der Waals surface area contributed by atoms with Crippen molar-refractivity contribution in [3.05, 3.63) is 48.0 Å². The van der Waals surface area contributed by atoms with E-state index in [1.165, 1.54) is 23.3 Å². The number of hydrogen-bond acceptors (Lipinski definition) is 6. The normalized spacial score (nSPS) is 18.1. The highest BCUT2D eigenvalue weighted by Crippen LogP contribution is 2.42. The lowest BCUT2D eigenvalue weighted by Crippen LogP contribution is -2.33. The Balaban J connectivity index is 1.37. The average molecular weight is 369 g/mol. The lowest BCUT2D eigenvalue weighted by atomic mass is 9.93. The number of piperidine rings is 1. The summed E-state index contributed by atoms with van der Waals surface area (Å²) in [5.74, 6) is 1.98. The van der Waals surface area contributed by atoms with Gasteiger partial charge in [0.25, 0.3) is 0 Å². The highest BCUT2D eigenvalue weighted by molar-refractivity contribution is 7.99. The van der Waals surface area contributed by atoms with Gasteiger partial charge in [-0.3, -0.25) is 4.90 Å². The minimum absolute atomic E-state index is 0.443. The number of rotatable bonds is 4. The monoisotopic (exact) mass is 368 g/mol. The van der Waals surface area contributed by atoms with Crippen LogP contribution in [0, 0.1) is 5.92 Å². The molecule has 136 valence electrons. The maximum Gasteiger partial charge on any atom is 0.163 e. The van der Waals surface area contributed by atoms with E-state index in [-0.39, 0.29) is 0 Å². The third-order valence-electron chi connectivity index (χ3n) is 5.03. The standard InChI is InChI=1S/C20H24N4OS/c1-14(25)2-3-15-6-10-24(11-7-15)13-16-4-5-18-17(12-16)23-19-20(26-18)22-9-8-21-19/h2,4-5,8-9,12,15,25H,3,6-7,10-11,13H2,1H3,(H,21,23)/b14-2+. The van der Waals surface area contributed by atoms with Gasteiger partial charge in [-0.05, 0) is 69.0 Å². The molecule has 1 saturated heterocycles. The number of likely N-dealkylation sites (tertiary alicyclic amines) is 1. The summed E-state index contributed by atoms with van der Waals surface area (Å²) in [6, 6.07) is 6.64. The maximum absolute atomic E-state index is 9.32. The number of anilines is 2. The molecule has 26 heavy (non-hydrogen) atoms. The molecule has 0 amide bonds. The first-order valence-electron chi connectivity index (χ1n) is 9.14. The first-order chi connectivity index (χ1) is 12.7. The number of nitrogens with one attached hydrogen (secondary N) is 1. The zero-order valence-electron chi connectivity index (χ0n) is 15.0. The topological polar surface area (TPSA) is 61.3 Å². The summed E-state index contributed by atoms with van der Waals surface area (Å²) >= 11 is 1.67. The molecular weight excluding hydrogens is 344 g/mol. The van der Waals surface area contributed by atoms with E-state index in [1.54, 1.807) is 31.1 Å². The molecule has 0 spiro atoms. The van der Waals surface area contributed by atoms with Crippen LogP contribution >= 0.6 is 11.8 Å². The van der Waals surface area contributed by atoms with E-state index in [0.717, 1.165) is 42.6 Å². The SMILES string of the molecule is C/C(O)=C\CC1CCN(Cc2ccc3c(c2)Nc2nccnc2S3)CC1. The number of aliphatic hydroxyl groups is 1. The largest absolute Gasteiger partial charge is 0.513 e. The van der Waals surface area contributed by atoms with Crippen molar-refractivity contribution in [1.29, 1.82) is 0 Å². The van der Waals surface area contributed by atoms with Crippen molar-refractivity contribution in [2.75, 3.05) is 18.4 Å². The molecule has 0 atom stereocenters. The quantitative estimate of drug-likeness (QED) is 0.648. The molecule has 0 saturated carbocycles. The molecule has 0 unspecified atom stereocenters. The van der Waals surface area contributed by atoms with Crippen LogP contribution in [-0.4, -0.2) is 33.1 Å². The Labute approximate surface area is 158 Å². The average Bonchev–Trinajstić information content (AvgIpc) is 2.66. The number of nitrogens with zero attached hydrogens (tertiary/aromatic N) is 3. The van der Waals surface area contributed by atoms with Crippen LogP contribution in [-0.2, 0) is 6.54 Å². The lowest BCUT2D eigenvalue weighted by molar-refractivity contribution is 0.178. The third-order valence-corrected chi connectivity index (χ3v) is 6.10. The summed E-state index contributed by atoms with van der Waals surface area (Å²) in [6.07, 6.45) is 8.80. The maximum atomic E-state index is 9.32. The Morgan fingerprint density at radius 1 is 1.31 bits per heavy atom. The highest BCUT2D eigenvalue weighted by atomic mass is 32.2. The second-order valence-corrected chi connectivity index (χ2v) is 8.10. The molecule has 2 aliphatic rings. The lowest BCUT2D eigenvalue weighted by Gasteiger charge is -2.31. The number of allylic oxidation sites excluding steroid dienone is 2. The van der Waals surface area contributed by atoms with E-state index >= 15 is 0 Å². The molecule has 0 bridgehead atoms. The van der Waals surface area contributed by atoms with Crippen molar-refractivity contribution in [2.24, 2.45) is 5.92 Å². The Bertz CT molecular complexity index is 811. The van der Waals surface area contributed by atoms with Gasteiger partial charge in [-0.1, -0.05) is 17.8 Å². The van der Waals surface area contributed by atoms with Crippen molar-refractivity contribution in [2.45, 2.75) is 42.7 Å². The number of fused-ring (bicyclic) bond motifs is 2. The van der Waals surface area contributed by atoms with E-state index in [9.17, 15) is 5.11 Å². The second-order valence-electron chi connectivity index (χ2n) is 7.07. The van der Waals surface area contributed by atoms with Crippen molar-refractivity contribution in [3.8, 4) is 0 Å². The van der Waals surface area contributed by atoms with Gasteiger partial charge in [-0.2, -0.15) is 0 Å². The Morgan fingerprint density at radius 3 is 2.92 bits per heavy atom. The Kier molecular flexibility index (Phi) is 5.13. The molecule has 4 rings (SSSR count). The second kappa shape index (κ2) is 7.68. The van der Waals surface area contributed by atoms with Gasteiger partial charge < -0.3 is 10.4 Å².